The van der Waals surface area contributed by atoms with Crippen molar-refractivity contribution < 1.29 is 0 Å². The molecule has 0 amide bonds. The quantitative estimate of drug-likeness (QED) is 0.537. The second kappa shape index (κ2) is 3.35. The maximum atomic E-state index is 6.47. The van der Waals surface area contributed by atoms with E-state index >= 15 is 0 Å². The van der Waals surface area contributed by atoms with Gasteiger partial charge in [0, 0.05) is 17.0 Å². The molecule has 0 aromatic carbocycles. The zero-order valence-electron chi connectivity index (χ0n) is 10.1. The number of halogens is 1. The monoisotopic (exact) mass is 259 g/mol. The smallest absolute Gasteiger partial charge is 0.156 e. The first-order valence-electron chi connectivity index (χ1n) is 6.43. The van der Waals surface area contributed by atoms with Crippen LogP contribution < -0.4 is 0 Å². The molecule has 1 saturated carbocycles. The van der Waals surface area contributed by atoms with Crippen LogP contribution in [0.2, 0.25) is 5.15 Å². The molecule has 0 aliphatic heterocycles. The first-order chi connectivity index (χ1) is 8.72. The number of hydrogen-bond donors (Lipinski definition) is 0. The van der Waals surface area contributed by atoms with Crippen molar-refractivity contribution in [1.29, 1.82) is 0 Å². The van der Waals surface area contributed by atoms with E-state index in [-0.39, 0.29) is 5.41 Å². The summed E-state index contributed by atoms with van der Waals surface area (Å²) in [6, 6.07) is 1.91. The van der Waals surface area contributed by atoms with Gasteiger partial charge < -0.3 is 0 Å². The highest BCUT2D eigenvalue weighted by molar-refractivity contribution is 6.30. The Morgan fingerprint density at radius 1 is 1.33 bits per heavy atom. The summed E-state index contributed by atoms with van der Waals surface area (Å²) in [5.41, 5.74) is 4.55. The molecule has 0 saturated heterocycles. The molecule has 0 radical (unpaired) electrons. The van der Waals surface area contributed by atoms with E-state index in [1.807, 2.05) is 6.07 Å². The second-order valence-corrected chi connectivity index (χ2v) is 5.76. The van der Waals surface area contributed by atoms with Crippen LogP contribution in [0.25, 0.3) is 5.65 Å². The normalized spacial score (nSPS) is 21.1. The molecule has 3 nitrogen and oxygen atoms in total. The third-order valence-electron chi connectivity index (χ3n) is 4.55. The van der Waals surface area contributed by atoms with Crippen LogP contribution in [0.4, 0.5) is 0 Å². The predicted octanol–water partition coefficient (Wildman–Crippen LogP) is 3.31. The van der Waals surface area contributed by atoms with Gasteiger partial charge in [0.1, 0.15) is 5.15 Å². The lowest BCUT2D eigenvalue weighted by atomic mass is 9.80. The highest BCUT2D eigenvalue weighted by atomic mass is 35.5. The van der Waals surface area contributed by atoms with E-state index in [4.69, 9.17) is 16.6 Å². The van der Waals surface area contributed by atoms with Crippen molar-refractivity contribution in [2.24, 2.45) is 0 Å². The van der Waals surface area contributed by atoms with E-state index in [1.165, 1.54) is 37.0 Å². The minimum Gasteiger partial charge on any atom is -0.232 e. The topological polar surface area (TPSA) is 30.2 Å². The van der Waals surface area contributed by atoms with Gasteiger partial charge in [-0.25, -0.2) is 9.50 Å². The van der Waals surface area contributed by atoms with Gasteiger partial charge in [0.25, 0.3) is 0 Å². The molecule has 0 bridgehead atoms. The fourth-order valence-electron chi connectivity index (χ4n) is 3.61. The Balaban J connectivity index is 2.06. The molecule has 92 valence electrons. The van der Waals surface area contributed by atoms with Crippen LogP contribution in [0.15, 0.2) is 24.4 Å². The summed E-state index contributed by atoms with van der Waals surface area (Å²) in [5, 5.41) is 4.94. The maximum absolute atomic E-state index is 6.47. The van der Waals surface area contributed by atoms with Crippen LogP contribution in [-0.2, 0) is 11.8 Å². The summed E-state index contributed by atoms with van der Waals surface area (Å²) in [5.74, 6) is 0. The Hall–Kier alpha value is -1.35. The Labute approximate surface area is 110 Å². The number of hydrogen-bond acceptors (Lipinski definition) is 2. The van der Waals surface area contributed by atoms with Crippen molar-refractivity contribution >= 4 is 17.2 Å². The zero-order chi connectivity index (χ0) is 12.3. The Kier molecular flexibility index (Phi) is 1.97. The van der Waals surface area contributed by atoms with Gasteiger partial charge in [-0.3, -0.25) is 0 Å². The van der Waals surface area contributed by atoms with Gasteiger partial charge in [-0.15, -0.1) is 0 Å². The second-order valence-electron chi connectivity index (χ2n) is 5.40. The van der Waals surface area contributed by atoms with E-state index in [1.54, 1.807) is 10.7 Å². The Bertz CT molecular complexity index is 665. The molecule has 1 fully saturated rings. The third-order valence-corrected chi connectivity index (χ3v) is 4.94. The first kappa shape index (κ1) is 10.6. The van der Waals surface area contributed by atoms with Crippen molar-refractivity contribution in [3.05, 3.63) is 40.8 Å². The number of allylic oxidation sites excluding steroid dienone is 1. The molecule has 4 heteroatoms. The van der Waals surface area contributed by atoms with Gasteiger partial charge in [-0.1, -0.05) is 36.6 Å². The molecule has 4 rings (SSSR count). The lowest BCUT2D eigenvalue weighted by Crippen LogP contribution is -2.21. The van der Waals surface area contributed by atoms with Gasteiger partial charge >= 0.3 is 0 Å². The molecule has 2 heterocycles. The van der Waals surface area contributed by atoms with E-state index in [9.17, 15) is 0 Å². The molecular weight excluding hydrogens is 246 g/mol. The van der Waals surface area contributed by atoms with Crippen molar-refractivity contribution in [3.8, 4) is 0 Å². The molecule has 0 atom stereocenters. The van der Waals surface area contributed by atoms with E-state index in [2.05, 4.69) is 11.7 Å². The van der Waals surface area contributed by atoms with Crippen LogP contribution in [0.1, 0.15) is 36.9 Å². The van der Waals surface area contributed by atoms with Crippen molar-refractivity contribution in [1.82, 2.24) is 14.6 Å². The SMILES string of the molecule is C=C1Cc2c(nc3ccnn3c2Cl)C12CCCC2. The molecule has 1 spiro atoms. The number of nitrogens with zero attached hydrogens (tertiary/aromatic N) is 3. The van der Waals surface area contributed by atoms with Crippen LogP contribution >= 0.6 is 11.6 Å². The molecule has 2 aliphatic carbocycles. The average molecular weight is 260 g/mol. The third kappa shape index (κ3) is 1.11. The minimum absolute atomic E-state index is 0.102. The molecule has 0 N–H and O–H groups in total. The van der Waals surface area contributed by atoms with Crippen molar-refractivity contribution in [2.75, 3.05) is 0 Å². The number of fused-ring (bicyclic) bond motifs is 3. The number of rotatable bonds is 0. The molecule has 2 aliphatic rings. The van der Waals surface area contributed by atoms with Crippen molar-refractivity contribution in [2.45, 2.75) is 37.5 Å². The standard InChI is InChI=1S/C14H14ClN3/c1-9-8-10-12(14(9)5-2-3-6-14)17-11-4-7-16-18(11)13(10)15/h4,7H,1-3,5-6,8H2. The summed E-state index contributed by atoms with van der Waals surface area (Å²) >= 11 is 6.47. The fourth-order valence-corrected chi connectivity index (χ4v) is 3.90. The first-order valence-corrected chi connectivity index (χ1v) is 6.81. The average Bonchev–Trinajstić information content (AvgIpc) is 3.04. The van der Waals surface area contributed by atoms with Gasteiger partial charge in [0.2, 0.25) is 0 Å². The maximum Gasteiger partial charge on any atom is 0.156 e. The Morgan fingerprint density at radius 3 is 2.89 bits per heavy atom. The number of aromatic nitrogens is 3. The fraction of sp³-hybridized carbons (Fsp3) is 0.429. The van der Waals surface area contributed by atoms with E-state index in [0.29, 0.717) is 5.15 Å². The highest BCUT2D eigenvalue weighted by Crippen LogP contribution is 2.53. The van der Waals surface area contributed by atoms with Crippen LogP contribution in [-0.4, -0.2) is 14.6 Å². The van der Waals surface area contributed by atoms with Gasteiger partial charge in [-0.05, 0) is 19.3 Å². The van der Waals surface area contributed by atoms with E-state index in [0.717, 1.165) is 17.6 Å². The molecule has 18 heavy (non-hydrogen) atoms. The molecule has 0 unspecified atom stereocenters. The Morgan fingerprint density at radius 2 is 2.11 bits per heavy atom. The van der Waals surface area contributed by atoms with Gasteiger partial charge in [0.15, 0.2) is 5.65 Å². The molecule has 2 aromatic heterocycles. The summed E-state index contributed by atoms with van der Waals surface area (Å²) < 4.78 is 1.72. The molecular formula is C14H14ClN3. The summed E-state index contributed by atoms with van der Waals surface area (Å²) in [6.45, 7) is 4.29. The van der Waals surface area contributed by atoms with E-state index < -0.39 is 0 Å². The summed E-state index contributed by atoms with van der Waals surface area (Å²) in [7, 11) is 0. The van der Waals surface area contributed by atoms with Crippen molar-refractivity contribution in [3.63, 3.8) is 0 Å². The lowest BCUT2D eigenvalue weighted by molar-refractivity contribution is 0.525. The highest BCUT2D eigenvalue weighted by Gasteiger charge is 2.46. The molecule has 2 aromatic rings. The van der Waals surface area contributed by atoms with Gasteiger partial charge in [-0.2, -0.15) is 5.10 Å². The van der Waals surface area contributed by atoms with Crippen LogP contribution in [0.3, 0.4) is 0 Å². The predicted molar refractivity (Wildman–Crippen MR) is 71.0 cm³/mol. The van der Waals surface area contributed by atoms with Crippen LogP contribution in [0.5, 0.6) is 0 Å². The zero-order valence-corrected chi connectivity index (χ0v) is 10.9. The summed E-state index contributed by atoms with van der Waals surface area (Å²) in [6.07, 6.45) is 7.49. The largest absolute Gasteiger partial charge is 0.232 e. The summed E-state index contributed by atoms with van der Waals surface area (Å²) in [4.78, 5) is 4.82. The van der Waals surface area contributed by atoms with Gasteiger partial charge in [0.05, 0.1) is 11.9 Å². The minimum atomic E-state index is 0.102. The van der Waals surface area contributed by atoms with Crippen LogP contribution in [0, 0.1) is 0 Å². The lowest BCUT2D eigenvalue weighted by Gasteiger charge is -2.25.